The molecule has 0 saturated heterocycles. The van der Waals surface area contributed by atoms with E-state index in [1.165, 1.54) is 25.5 Å². The number of anilines is 1. The van der Waals surface area contributed by atoms with Gasteiger partial charge in [-0.25, -0.2) is 23.9 Å². The molecule has 1 aliphatic rings. The normalized spacial score (nSPS) is 13.9. The molecule has 0 bridgehead atoms. The molecule has 1 amide bonds. The Labute approximate surface area is 230 Å². The van der Waals surface area contributed by atoms with E-state index in [1.807, 2.05) is 19.1 Å². The van der Waals surface area contributed by atoms with Gasteiger partial charge in [-0.1, -0.05) is 12.7 Å². The number of nitrogens with zero attached hydrogens (tertiary/aromatic N) is 7. The average molecular weight is 539 g/mol. The van der Waals surface area contributed by atoms with Crippen LogP contribution in [0.25, 0.3) is 16.9 Å². The van der Waals surface area contributed by atoms with E-state index in [-0.39, 0.29) is 17.3 Å². The zero-order valence-electron chi connectivity index (χ0n) is 22.1. The second-order valence-corrected chi connectivity index (χ2v) is 9.09. The molecule has 40 heavy (non-hydrogen) atoms. The first-order valence-corrected chi connectivity index (χ1v) is 12.5. The summed E-state index contributed by atoms with van der Waals surface area (Å²) in [6.07, 6.45) is 8.52. The van der Waals surface area contributed by atoms with Gasteiger partial charge in [0.15, 0.2) is 11.5 Å². The zero-order valence-corrected chi connectivity index (χ0v) is 22.1. The van der Waals surface area contributed by atoms with Crippen LogP contribution in [-0.2, 0) is 4.79 Å². The van der Waals surface area contributed by atoms with Crippen molar-refractivity contribution in [3.63, 3.8) is 0 Å². The maximum Gasteiger partial charge on any atom is 0.246 e. The Morgan fingerprint density at radius 2 is 2.10 bits per heavy atom. The van der Waals surface area contributed by atoms with Crippen molar-refractivity contribution in [1.29, 1.82) is 0 Å². The van der Waals surface area contributed by atoms with Gasteiger partial charge in [-0.15, -0.1) is 0 Å². The number of carbonyl (C=O) groups excluding carboxylic acids is 1. The Morgan fingerprint density at radius 3 is 2.80 bits per heavy atom. The Bertz CT molecular complexity index is 1690. The molecular weight excluding hydrogens is 511 g/mol. The Morgan fingerprint density at radius 1 is 1.25 bits per heavy atom. The van der Waals surface area contributed by atoms with Crippen LogP contribution in [0.1, 0.15) is 30.4 Å². The SMILES string of the molecule is C=CC(=O)N1CC=C(c2ncc(N=C)c(/C(Nc3ccc(Oc4ccn5ncnc5c4)c(C)c3)=C(\C)F)n2)CC1. The molecule has 0 aliphatic carbocycles. The maximum atomic E-state index is 15.0. The molecular formula is C29H27FN8O2. The first-order valence-electron chi connectivity index (χ1n) is 12.5. The fourth-order valence-corrected chi connectivity index (χ4v) is 4.31. The van der Waals surface area contributed by atoms with Crippen LogP contribution < -0.4 is 10.1 Å². The van der Waals surface area contributed by atoms with E-state index in [0.29, 0.717) is 53.9 Å². The summed E-state index contributed by atoms with van der Waals surface area (Å²) in [5, 5.41) is 7.23. The molecule has 1 aromatic carbocycles. The standard InChI is InChI=1S/C29H27FN8O2/c1-5-26(39)37-11-8-20(9-12-37)29-32-16-23(31-4)28(36-29)27(19(3)30)35-21-6-7-24(18(2)14-21)40-22-10-13-38-25(15-22)33-17-34-38/h5-8,10,13-17,35H,1,4,9,11-12H2,2-3H3/b27-19-. The van der Waals surface area contributed by atoms with Crippen LogP contribution in [0.5, 0.6) is 11.5 Å². The lowest BCUT2D eigenvalue weighted by Gasteiger charge is -2.25. The number of aliphatic imine (C=N–C) groups is 1. The van der Waals surface area contributed by atoms with Crippen molar-refractivity contribution in [1.82, 2.24) is 29.5 Å². The third-order valence-corrected chi connectivity index (χ3v) is 6.43. The average Bonchev–Trinajstić information content (AvgIpc) is 3.44. The molecule has 4 aromatic rings. The maximum absolute atomic E-state index is 15.0. The zero-order chi connectivity index (χ0) is 28.2. The number of aromatic nitrogens is 5. The van der Waals surface area contributed by atoms with Crippen LogP contribution >= 0.6 is 0 Å². The van der Waals surface area contributed by atoms with Crippen molar-refractivity contribution >= 4 is 40.9 Å². The van der Waals surface area contributed by atoms with Crippen molar-refractivity contribution in [3.05, 3.63) is 90.7 Å². The summed E-state index contributed by atoms with van der Waals surface area (Å²) >= 11 is 0. The van der Waals surface area contributed by atoms with Gasteiger partial charge in [0.1, 0.15) is 35.0 Å². The van der Waals surface area contributed by atoms with E-state index in [4.69, 9.17) is 4.74 Å². The number of ether oxygens (including phenoxy) is 1. The number of benzene rings is 1. The summed E-state index contributed by atoms with van der Waals surface area (Å²) in [6.45, 7) is 11.3. The molecule has 5 rings (SSSR count). The van der Waals surface area contributed by atoms with Crippen LogP contribution in [-0.4, -0.2) is 55.2 Å². The van der Waals surface area contributed by atoms with E-state index in [1.54, 1.807) is 39.9 Å². The molecule has 0 radical (unpaired) electrons. The first kappa shape index (κ1) is 26.4. The lowest BCUT2D eigenvalue weighted by Crippen LogP contribution is -2.33. The van der Waals surface area contributed by atoms with Gasteiger partial charge in [-0.3, -0.25) is 9.79 Å². The van der Waals surface area contributed by atoms with Crippen molar-refractivity contribution in [2.24, 2.45) is 4.99 Å². The summed E-state index contributed by atoms with van der Waals surface area (Å²) in [6, 6.07) is 9.04. The second-order valence-electron chi connectivity index (χ2n) is 9.09. The molecule has 11 heteroatoms. The first-order chi connectivity index (χ1) is 19.4. The number of allylic oxidation sites excluding steroid dienone is 1. The monoisotopic (exact) mass is 538 g/mol. The number of halogens is 1. The predicted molar refractivity (Wildman–Crippen MR) is 152 cm³/mol. The topological polar surface area (TPSA) is 110 Å². The Hall–Kier alpha value is -5.19. The number of carbonyl (C=O) groups is 1. The molecule has 202 valence electrons. The fourth-order valence-electron chi connectivity index (χ4n) is 4.31. The minimum Gasteiger partial charge on any atom is -0.457 e. The van der Waals surface area contributed by atoms with E-state index in [9.17, 15) is 9.18 Å². The van der Waals surface area contributed by atoms with Gasteiger partial charge in [-0.05, 0) is 68.5 Å². The van der Waals surface area contributed by atoms with E-state index < -0.39 is 5.83 Å². The van der Waals surface area contributed by atoms with Gasteiger partial charge in [-0.2, -0.15) is 5.10 Å². The Balaban J connectivity index is 1.39. The van der Waals surface area contributed by atoms with Crippen molar-refractivity contribution in [3.8, 4) is 11.5 Å². The van der Waals surface area contributed by atoms with Gasteiger partial charge < -0.3 is 15.0 Å². The van der Waals surface area contributed by atoms with E-state index in [2.05, 4.69) is 43.7 Å². The summed E-state index contributed by atoms with van der Waals surface area (Å²) < 4.78 is 22.7. The van der Waals surface area contributed by atoms with Crippen LogP contribution in [0.4, 0.5) is 15.8 Å². The van der Waals surface area contributed by atoms with Crippen molar-refractivity contribution in [2.45, 2.75) is 20.3 Å². The molecule has 1 aliphatic heterocycles. The fraction of sp³-hybridized carbons (Fsp3) is 0.172. The van der Waals surface area contributed by atoms with E-state index in [0.717, 1.165) is 11.1 Å². The molecule has 3 aromatic heterocycles. The predicted octanol–water partition coefficient (Wildman–Crippen LogP) is 5.52. The van der Waals surface area contributed by atoms with Gasteiger partial charge >= 0.3 is 0 Å². The summed E-state index contributed by atoms with van der Waals surface area (Å²) in [7, 11) is 0. The van der Waals surface area contributed by atoms with Gasteiger partial charge in [0.05, 0.1) is 11.9 Å². The van der Waals surface area contributed by atoms with Crippen LogP contribution in [0.3, 0.4) is 0 Å². The van der Waals surface area contributed by atoms with Gasteiger partial charge in [0.2, 0.25) is 5.91 Å². The van der Waals surface area contributed by atoms with Crippen molar-refractivity contribution in [2.75, 3.05) is 18.4 Å². The van der Waals surface area contributed by atoms with Gasteiger partial charge in [0, 0.05) is 31.0 Å². The molecule has 4 heterocycles. The highest BCUT2D eigenvalue weighted by Crippen LogP contribution is 2.33. The Kier molecular flexibility index (Phi) is 7.45. The number of hydrogen-bond acceptors (Lipinski definition) is 8. The number of aryl methyl sites for hydroxylation is 1. The molecule has 0 spiro atoms. The van der Waals surface area contributed by atoms with Crippen LogP contribution in [0.15, 0.2) is 78.6 Å². The number of fused-ring (bicyclic) bond motifs is 1. The molecule has 0 fully saturated rings. The smallest absolute Gasteiger partial charge is 0.246 e. The van der Waals surface area contributed by atoms with Crippen LogP contribution in [0.2, 0.25) is 0 Å². The summed E-state index contributed by atoms with van der Waals surface area (Å²) in [5.41, 5.74) is 3.77. The van der Waals surface area contributed by atoms with E-state index >= 15 is 0 Å². The number of amides is 1. The number of hydrogen-bond donors (Lipinski definition) is 1. The highest BCUT2D eigenvalue weighted by Gasteiger charge is 2.21. The third kappa shape index (κ3) is 5.48. The largest absolute Gasteiger partial charge is 0.457 e. The minimum atomic E-state index is -0.477. The lowest BCUT2D eigenvalue weighted by atomic mass is 10.1. The summed E-state index contributed by atoms with van der Waals surface area (Å²) in [5.74, 6) is 1.10. The lowest BCUT2D eigenvalue weighted by molar-refractivity contribution is -0.125. The molecule has 0 saturated carbocycles. The molecule has 10 nitrogen and oxygen atoms in total. The third-order valence-electron chi connectivity index (χ3n) is 6.43. The minimum absolute atomic E-state index is 0.131. The highest BCUT2D eigenvalue weighted by atomic mass is 19.1. The number of nitrogens with one attached hydrogen (secondary N) is 1. The molecule has 1 N–H and O–H groups in total. The highest BCUT2D eigenvalue weighted by molar-refractivity contribution is 5.88. The summed E-state index contributed by atoms with van der Waals surface area (Å²) in [4.78, 5) is 30.9. The van der Waals surface area contributed by atoms with Gasteiger partial charge in [0.25, 0.3) is 0 Å². The molecule has 0 atom stereocenters. The van der Waals surface area contributed by atoms with Crippen molar-refractivity contribution < 1.29 is 13.9 Å². The number of rotatable bonds is 8. The van der Waals surface area contributed by atoms with Crippen LogP contribution in [0, 0.1) is 6.92 Å². The quantitative estimate of drug-likeness (QED) is 0.232. The second kappa shape index (κ2) is 11.3. The number of pyridine rings is 1. The molecule has 0 unspecified atom stereocenters.